The number of hydrogen-bond donors (Lipinski definition) is 3. The molecule has 11 atom stereocenters. The van der Waals surface area contributed by atoms with Crippen molar-refractivity contribution in [2.45, 2.75) is 98.4 Å². The van der Waals surface area contributed by atoms with Crippen LogP contribution in [-0.4, -0.2) is 33.6 Å². The quantitative estimate of drug-likeness (QED) is 0.527. The van der Waals surface area contributed by atoms with Crippen molar-refractivity contribution in [2.75, 3.05) is 0 Å². The van der Waals surface area contributed by atoms with E-state index in [1.54, 1.807) is 0 Å². The molecule has 0 spiro atoms. The van der Waals surface area contributed by atoms with Gasteiger partial charge in [-0.3, -0.25) is 0 Å². The van der Waals surface area contributed by atoms with Crippen LogP contribution in [0.5, 0.6) is 0 Å². The molecule has 3 saturated carbocycles. The van der Waals surface area contributed by atoms with E-state index in [4.69, 9.17) is 0 Å². The topological polar surface area (TPSA) is 60.7 Å². The van der Waals surface area contributed by atoms with E-state index in [1.165, 1.54) is 18.4 Å². The number of allylic oxidation sites excluding steroid dienone is 3. The highest BCUT2D eigenvalue weighted by molar-refractivity contribution is 5.29. The largest absolute Gasteiger partial charge is 0.393 e. The molecule has 0 aromatic heterocycles. The van der Waals surface area contributed by atoms with Crippen LogP contribution in [0.3, 0.4) is 0 Å². The molecule has 3 N–H and O–H groups in total. The third kappa shape index (κ3) is 3.67. The zero-order valence-corrected chi connectivity index (χ0v) is 20.6. The van der Waals surface area contributed by atoms with Gasteiger partial charge in [0.25, 0.3) is 0 Å². The molecule has 4 rings (SSSR count). The fourth-order valence-electron chi connectivity index (χ4n) is 8.43. The van der Waals surface area contributed by atoms with Crippen molar-refractivity contribution in [1.82, 2.24) is 0 Å². The predicted molar refractivity (Wildman–Crippen MR) is 126 cm³/mol. The van der Waals surface area contributed by atoms with E-state index < -0.39 is 12.2 Å². The van der Waals surface area contributed by atoms with Gasteiger partial charge >= 0.3 is 0 Å². The number of rotatable bonds is 4. The molecule has 0 bridgehead atoms. The third-order valence-electron chi connectivity index (χ3n) is 10.6. The van der Waals surface area contributed by atoms with Gasteiger partial charge in [-0.15, -0.1) is 0 Å². The lowest BCUT2D eigenvalue weighted by atomic mass is 9.45. The smallest absolute Gasteiger partial charge is 0.0659 e. The lowest BCUT2D eigenvalue weighted by molar-refractivity contribution is -0.158. The van der Waals surface area contributed by atoms with E-state index in [9.17, 15) is 15.3 Å². The predicted octanol–water partition coefficient (Wildman–Crippen LogP) is 5.35. The highest BCUT2D eigenvalue weighted by atomic mass is 16.3. The highest BCUT2D eigenvalue weighted by Crippen LogP contribution is 2.67. The van der Waals surface area contributed by atoms with Crippen molar-refractivity contribution in [3.63, 3.8) is 0 Å². The summed E-state index contributed by atoms with van der Waals surface area (Å²) in [6, 6.07) is 0. The fourth-order valence-corrected chi connectivity index (χ4v) is 8.43. The fraction of sp³-hybridized carbons (Fsp3) is 0.857. The van der Waals surface area contributed by atoms with Gasteiger partial charge in [-0.25, -0.2) is 0 Å². The summed E-state index contributed by atoms with van der Waals surface area (Å²) in [4.78, 5) is 0. The molecular formula is C28H46O3. The summed E-state index contributed by atoms with van der Waals surface area (Å²) in [7, 11) is 0. The van der Waals surface area contributed by atoms with Crippen molar-refractivity contribution < 1.29 is 15.3 Å². The molecule has 4 aliphatic rings. The Hall–Kier alpha value is -0.640. The molecule has 3 heteroatoms. The highest BCUT2D eigenvalue weighted by Gasteiger charge is 2.63. The van der Waals surface area contributed by atoms with Gasteiger partial charge in [0.15, 0.2) is 0 Å². The van der Waals surface area contributed by atoms with Crippen LogP contribution in [0.2, 0.25) is 0 Å². The second kappa shape index (κ2) is 8.29. The van der Waals surface area contributed by atoms with Gasteiger partial charge in [-0.2, -0.15) is 0 Å². The SMILES string of the molecule is CC(C)C(C)C=CC(C)C1CCC2C3CC=C4CC(O)CC(O)C4(C)C3C(O)CC12C. The van der Waals surface area contributed by atoms with Gasteiger partial charge in [0.2, 0.25) is 0 Å². The minimum Gasteiger partial charge on any atom is -0.393 e. The average Bonchev–Trinajstić information content (AvgIpc) is 3.03. The maximum absolute atomic E-state index is 11.6. The first kappa shape index (κ1) is 23.5. The summed E-state index contributed by atoms with van der Waals surface area (Å²) in [6.07, 6.45) is 11.2. The summed E-state index contributed by atoms with van der Waals surface area (Å²) in [5.41, 5.74) is 0.960. The number of fused-ring (bicyclic) bond motifs is 5. The van der Waals surface area contributed by atoms with E-state index in [-0.39, 0.29) is 22.9 Å². The molecule has 11 unspecified atom stereocenters. The van der Waals surface area contributed by atoms with Gasteiger partial charge in [-0.1, -0.05) is 65.3 Å². The van der Waals surface area contributed by atoms with Crippen LogP contribution in [0.4, 0.5) is 0 Å². The van der Waals surface area contributed by atoms with Gasteiger partial charge in [0.05, 0.1) is 18.3 Å². The van der Waals surface area contributed by atoms with Crippen molar-refractivity contribution >= 4 is 0 Å². The second-order valence-electron chi connectivity index (χ2n) is 12.5. The van der Waals surface area contributed by atoms with Crippen molar-refractivity contribution in [2.24, 2.45) is 52.3 Å². The molecule has 0 heterocycles. The van der Waals surface area contributed by atoms with E-state index in [1.807, 2.05) is 0 Å². The van der Waals surface area contributed by atoms with E-state index in [0.29, 0.717) is 48.3 Å². The second-order valence-corrected chi connectivity index (χ2v) is 12.5. The first-order valence-corrected chi connectivity index (χ1v) is 12.9. The zero-order chi connectivity index (χ0) is 22.7. The summed E-state index contributed by atoms with van der Waals surface area (Å²) >= 11 is 0. The minimum atomic E-state index is -0.564. The first-order valence-electron chi connectivity index (χ1n) is 12.9. The van der Waals surface area contributed by atoms with Crippen molar-refractivity contribution in [1.29, 1.82) is 0 Å². The van der Waals surface area contributed by atoms with Crippen molar-refractivity contribution in [3.05, 3.63) is 23.8 Å². The Morgan fingerprint density at radius 2 is 1.74 bits per heavy atom. The van der Waals surface area contributed by atoms with Crippen LogP contribution in [0, 0.1) is 52.3 Å². The van der Waals surface area contributed by atoms with Crippen LogP contribution in [-0.2, 0) is 0 Å². The van der Waals surface area contributed by atoms with Gasteiger partial charge < -0.3 is 15.3 Å². The van der Waals surface area contributed by atoms with Gasteiger partial charge in [-0.05, 0) is 78.9 Å². The third-order valence-corrected chi connectivity index (χ3v) is 10.6. The molecule has 3 fully saturated rings. The number of aliphatic hydroxyl groups is 3. The molecule has 4 aliphatic carbocycles. The van der Waals surface area contributed by atoms with E-state index in [0.717, 1.165) is 12.8 Å². The Labute approximate surface area is 190 Å². The first-order chi connectivity index (χ1) is 14.5. The molecule has 31 heavy (non-hydrogen) atoms. The van der Waals surface area contributed by atoms with Crippen molar-refractivity contribution in [3.8, 4) is 0 Å². The Bertz CT molecular complexity index is 726. The lowest BCUT2D eigenvalue weighted by Gasteiger charge is -2.61. The maximum atomic E-state index is 11.6. The average molecular weight is 431 g/mol. The zero-order valence-electron chi connectivity index (χ0n) is 20.6. The Morgan fingerprint density at radius 3 is 2.42 bits per heavy atom. The Kier molecular flexibility index (Phi) is 6.29. The summed E-state index contributed by atoms with van der Waals surface area (Å²) in [5, 5.41) is 32.9. The summed E-state index contributed by atoms with van der Waals surface area (Å²) < 4.78 is 0. The molecule has 0 saturated heterocycles. The lowest BCUT2D eigenvalue weighted by Crippen LogP contribution is -2.60. The molecule has 3 nitrogen and oxygen atoms in total. The molecule has 0 aliphatic heterocycles. The minimum absolute atomic E-state index is 0.110. The molecule has 176 valence electrons. The summed E-state index contributed by atoms with van der Waals surface area (Å²) in [6.45, 7) is 13.9. The maximum Gasteiger partial charge on any atom is 0.0659 e. The molecule has 0 aromatic rings. The number of aliphatic hydroxyl groups excluding tert-OH is 3. The Morgan fingerprint density at radius 1 is 1.03 bits per heavy atom. The van der Waals surface area contributed by atoms with E-state index in [2.05, 4.69) is 59.8 Å². The number of hydrogen-bond acceptors (Lipinski definition) is 3. The Balaban J connectivity index is 1.60. The van der Waals surface area contributed by atoms with Crippen LogP contribution in [0.15, 0.2) is 23.8 Å². The van der Waals surface area contributed by atoms with Gasteiger partial charge in [0, 0.05) is 11.8 Å². The normalized spacial score (nSPS) is 49.4. The van der Waals surface area contributed by atoms with Crippen LogP contribution >= 0.6 is 0 Å². The molecule has 0 radical (unpaired) electrons. The monoisotopic (exact) mass is 430 g/mol. The van der Waals surface area contributed by atoms with E-state index >= 15 is 0 Å². The molecular weight excluding hydrogens is 384 g/mol. The van der Waals surface area contributed by atoms with Crippen LogP contribution < -0.4 is 0 Å². The summed E-state index contributed by atoms with van der Waals surface area (Å²) in [5.74, 6) is 3.55. The van der Waals surface area contributed by atoms with Crippen LogP contribution in [0.25, 0.3) is 0 Å². The van der Waals surface area contributed by atoms with Gasteiger partial charge in [0.1, 0.15) is 0 Å². The van der Waals surface area contributed by atoms with Crippen LogP contribution in [0.1, 0.15) is 80.1 Å². The standard InChI is InChI=1S/C28H46O3/c1-16(2)17(3)7-8-18(4)22-11-12-23-21-10-9-19-13-20(29)14-25(31)28(19,6)26(21)24(30)15-27(22,23)5/h7-9,16-18,20-26,29-31H,10-15H2,1-6H3. The molecule has 0 aromatic carbocycles. The molecule has 0 amide bonds.